The van der Waals surface area contributed by atoms with E-state index in [9.17, 15) is 18.0 Å². The summed E-state index contributed by atoms with van der Waals surface area (Å²) in [4.78, 5) is 23.3. The van der Waals surface area contributed by atoms with E-state index in [0.717, 1.165) is 5.56 Å². The van der Waals surface area contributed by atoms with Crippen molar-refractivity contribution in [1.82, 2.24) is 9.88 Å². The Labute approximate surface area is 150 Å². The van der Waals surface area contributed by atoms with Crippen LogP contribution in [0.2, 0.25) is 0 Å². The lowest BCUT2D eigenvalue weighted by Gasteiger charge is -2.17. The van der Waals surface area contributed by atoms with E-state index < -0.39 is 10.0 Å². The van der Waals surface area contributed by atoms with Gasteiger partial charge in [0, 0.05) is 31.1 Å². The van der Waals surface area contributed by atoms with Crippen LogP contribution in [0.4, 0.5) is 11.5 Å². The van der Waals surface area contributed by atoms with Gasteiger partial charge in [0.15, 0.2) is 5.82 Å². The number of benzene rings is 1. The Kier molecular flexibility index (Phi) is 5.05. The highest BCUT2D eigenvalue weighted by Gasteiger charge is 2.20. The molecule has 2 amide bonds. The molecule has 2 heterocycles. The van der Waals surface area contributed by atoms with Crippen molar-refractivity contribution >= 4 is 33.3 Å². The molecule has 26 heavy (non-hydrogen) atoms. The van der Waals surface area contributed by atoms with Crippen LogP contribution in [0.1, 0.15) is 24.2 Å². The summed E-state index contributed by atoms with van der Waals surface area (Å²) in [6.07, 6.45) is 0.766. The Balaban J connectivity index is 1.57. The van der Waals surface area contributed by atoms with Gasteiger partial charge in [-0.3, -0.25) is 9.59 Å². The fraction of sp³-hybridized carbons (Fsp3) is 0.312. The summed E-state index contributed by atoms with van der Waals surface area (Å²) in [5.41, 5.74) is 1.40. The number of amides is 2. The van der Waals surface area contributed by atoms with Crippen molar-refractivity contribution < 1.29 is 22.5 Å². The number of hydrogen-bond acceptors (Lipinski definition) is 6. The first-order valence-electron chi connectivity index (χ1n) is 7.99. The molecule has 3 N–H and O–H groups in total. The molecule has 1 aliphatic heterocycles. The maximum absolute atomic E-state index is 12.4. The van der Waals surface area contributed by atoms with Crippen LogP contribution in [0.15, 0.2) is 33.7 Å². The summed E-state index contributed by atoms with van der Waals surface area (Å²) in [7, 11) is -3.75. The molecule has 1 aromatic heterocycles. The maximum Gasteiger partial charge on any atom is 0.240 e. The topological polar surface area (TPSA) is 130 Å². The lowest BCUT2D eigenvalue weighted by atomic mass is 10.0. The first-order chi connectivity index (χ1) is 12.3. The summed E-state index contributed by atoms with van der Waals surface area (Å²) in [6.45, 7) is 1.64. The summed E-state index contributed by atoms with van der Waals surface area (Å²) in [6, 6.07) is 6.09. The number of anilines is 2. The zero-order valence-electron chi connectivity index (χ0n) is 14.0. The summed E-state index contributed by atoms with van der Waals surface area (Å²) in [5.74, 6) is 0.380. The number of nitrogens with zero attached hydrogens (tertiary/aromatic N) is 1. The van der Waals surface area contributed by atoms with Gasteiger partial charge in [0.2, 0.25) is 21.8 Å². The third-order valence-electron chi connectivity index (χ3n) is 3.82. The van der Waals surface area contributed by atoms with Gasteiger partial charge in [0.1, 0.15) is 5.76 Å². The predicted octanol–water partition coefficient (Wildman–Crippen LogP) is 1.17. The van der Waals surface area contributed by atoms with Crippen LogP contribution < -0.4 is 15.4 Å². The molecular formula is C16H18N4O5S. The van der Waals surface area contributed by atoms with Crippen LogP contribution in [0.5, 0.6) is 0 Å². The quantitative estimate of drug-likeness (QED) is 0.692. The van der Waals surface area contributed by atoms with Gasteiger partial charge in [-0.1, -0.05) is 5.16 Å². The number of fused-ring (bicyclic) bond motifs is 1. The van der Waals surface area contributed by atoms with Gasteiger partial charge in [-0.15, -0.1) is 0 Å². The first-order valence-corrected chi connectivity index (χ1v) is 9.47. The van der Waals surface area contributed by atoms with E-state index in [-0.39, 0.29) is 35.5 Å². The van der Waals surface area contributed by atoms with Crippen molar-refractivity contribution in [1.29, 1.82) is 0 Å². The SMILES string of the molecule is Cc1cc(NC(=O)CCNS(=O)(=O)c2ccc3c(c2)CCC(=O)N3)no1. The molecule has 0 saturated heterocycles. The number of carbonyl (C=O) groups excluding carboxylic acids is 2. The second-order valence-electron chi connectivity index (χ2n) is 5.89. The van der Waals surface area contributed by atoms with Crippen molar-refractivity contribution in [3.63, 3.8) is 0 Å². The van der Waals surface area contributed by atoms with Crippen LogP contribution >= 0.6 is 0 Å². The molecule has 2 aromatic rings. The Bertz CT molecular complexity index is 951. The maximum atomic E-state index is 12.4. The van der Waals surface area contributed by atoms with E-state index in [2.05, 4.69) is 20.5 Å². The van der Waals surface area contributed by atoms with Gasteiger partial charge in [-0.05, 0) is 37.1 Å². The molecule has 9 nitrogen and oxygen atoms in total. The molecule has 0 saturated carbocycles. The molecule has 3 rings (SSSR count). The summed E-state index contributed by atoms with van der Waals surface area (Å²) in [5, 5.41) is 8.85. The molecule has 1 aromatic carbocycles. The Morgan fingerprint density at radius 1 is 1.31 bits per heavy atom. The smallest absolute Gasteiger partial charge is 0.240 e. The Hall–Kier alpha value is -2.72. The van der Waals surface area contributed by atoms with Crippen LogP contribution in [0.3, 0.4) is 0 Å². The minimum atomic E-state index is -3.75. The van der Waals surface area contributed by atoms with E-state index in [1.807, 2.05) is 0 Å². The molecule has 1 aliphatic rings. The average Bonchev–Trinajstić information content (AvgIpc) is 2.98. The van der Waals surface area contributed by atoms with E-state index in [0.29, 0.717) is 24.3 Å². The molecule has 0 aliphatic carbocycles. The molecule has 10 heteroatoms. The van der Waals surface area contributed by atoms with Crippen LogP contribution in [-0.4, -0.2) is 31.9 Å². The average molecular weight is 378 g/mol. The monoisotopic (exact) mass is 378 g/mol. The zero-order valence-corrected chi connectivity index (χ0v) is 14.9. The lowest BCUT2D eigenvalue weighted by molar-refractivity contribution is -0.117. The summed E-state index contributed by atoms with van der Waals surface area (Å²) < 4.78 is 32.0. The standard InChI is InChI=1S/C16H18N4O5S/c1-10-8-14(20-25-10)19-16(22)6-7-17-26(23,24)12-3-4-13-11(9-12)2-5-15(21)18-13/h3-4,8-9,17H,2,5-7H2,1H3,(H,18,21)(H,19,20,22). The normalized spacial score (nSPS) is 13.8. The van der Waals surface area contributed by atoms with Crippen molar-refractivity contribution in [2.24, 2.45) is 0 Å². The number of aromatic nitrogens is 1. The number of hydrogen-bond donors (Lipinski definition) is 3. The predicted molar refractivity (Wildman–Crippen MR) is 93.1 cm³/mol. The molecule has 0 unspecified atom stereocenters. The van der Waals surface area contributed by atoms with Gasteiger partial charge < -0.3 is 15.2 Å². The van der Waals surface area contributed by atoms with E-state index in [1.54, 1.807) is 19.1 Å². The molecular weight excluding hydrogens is 360 g/mol. The van der Waals surface area contributed by atoms with E-state index in [1.165, 1.54) is 12.1 Å². The number of aryl methyl sites for hydroxylation is 2. The van der Waals surface area contributed by atoms with Crippen LogP contribution in [0, 0.1) is 6.92 Å². The van der Waals surface area contributed by atoms with Gasteiger partial charge in [-0.2, -0.15) is 0 Å². The largest absolute Gasteiger partial charge is 0.360 e. The minimum Gasteiger partial charge on any atom is -0.360 e. The van der Waals surface area contributed by atoms with Gasteiger partial charge >= 0.3 is 0 Å². The molecule has 0 bridgehead atoms. The fourth-order valence-corrected chi connectivity index (χ4v) is 3.62. The molecule has 138 valence electrons. The van der Waals surface area contributed by atoms with Gasteiger partial charge in [0.05, 0.1) is 4.90 Å². The second kappa shape index (κ2) is 7.26. The first kappa shape index (κ1) is 18.1. The molecule has 0 atom stereocenters. The number of nitrogens with one attached hydrogen (secondary N) is 3. The molecule has 0 radical (unpaired) electrons. The minimum absolute atomic E-state index is 0.0495. The van der Waals surface area contributed by atoms with Crippen LogP contribution in [0.25, 0.3) is 0 Å². The van der Waals surface area contributed by atoms with E-state index >= 15 is 0 Å². The fourth-order valence-electron chi connectivity index (χ4n) is 2.54. The van der Waals surface area contributed by atoms with E-state index in [4.69, 9.17) is 4.52 Å². The van der Waals surface area contributed by atoms with Crippen molar-refractivity contribution in [2.45, 2.75) is 31.1 Å². The van der Waals surface area contributed by atoms with Gasteiger partial charge in [0.25, 0.3) is 0 Å². The number of sulfonamides is 1. The third-order valence-corrected chi connectivity index (χ3v) is 5.28. The highest BCUT2D eigenvalue weighted by molar-refractivity contribution is 7.89. The highest BCUT2D eigenvalue weighted by Crippen LogP contribution is 2.25. The number of carbonyl (C=O) groups is 2. The molecule has 0 fully saturated rings. The lowest BCUT2D eigenvalue weighted by Crippen LogP contribution is -2.28. The van der Waals surface area contributed by atoms with Crippen LogP contribution in [-0.2, 0) is 26.0 Å². The van der Waals surface area contributed by atoms with Crippen molar-refractivity contribution in [2.75, 3.05) is 17.2 Å². The summed E-state index contributed by atoms with van der Waals surface area (Å²) >= 11 is 0. The van der Waals surface area contributed by atoms with Gasteiger partial charge in [-0.25, -0.2) is 13.1 Å². The highest BCUT2D eigenvalue weighted by atomic mass is 32.2. The Morgan fingerprint density at radius 2 is 2.12 bits per heavy atom. The third kappa shape index (κ3) is 4.27. The zero-order chi connectivity index (χ0) is 18.7. The number of rotatable bonds is 6. The molecule has 0 spiro atoms. The van der Waals surface area contributed by atoms with Crippen molar-refractivity contribution in [3.05, 3.63) is 35.6 Å². The Morgan fingerprint density at radius 3 is 2.85 bits per heavy atom. The second-order valence-corrected chi connectivity index (χ2v) is 7.65. The van der Waals surface area contributed by atoms with Crippen molar-refractivity contribution in [3.8, 4) is 0 Å².